The standard InChI is InChI=1S/C12H17IN4O3S/c1-20-10-8(13)9(15-11(16-10)21-2)14-7-4-3-5-17(6-7)12(18)19/h7H,3-6H2,1-2H3,(H,18,19)(H,14,15,16)/t7-/m1/s1. The van der Waals surface area contributed by atoms with Crippen molar-refractivity contribution in [3.05, 3.63) is 3.57 Å². The quantitative estimate of drug-likeness (QED) is 0.436. The van der Waals surface area contributed by atoms with Gasteiger partial charge in [-0.3, -0.25) is 0 Å². The Kier molecular flexibility index (Phi) is 5.73. The number of aromatic nitrogens is 2. The van der Waals surface area contributed by atoms with Crippen LogP contribution in [0, 0.1) is 3.57 Å². The smallest absolute Gasteiger partial charge is 0.407 e. The van der Waals surface area contributed by atoms with Crippen molar-refractivity contribution in [3.63, 3.8) is 0 Å². The van der Waals surface area contributed by atoms with Crippen LogP contribution in [-0.2, 0) is 0 Å². The zero-order chi connectivity index (χ0) is 15.4. The molecule has 0 saturated carbocycles. The van der Waals surface area contributed by atoms with E-state index in [1.54, 1.807) is 7.11 Å². The molecule has 9 heteroatoms. The number of thioether (sulfide) groups is 1. The Labute approximate surface area is 141 Å². The highest BCUT2D eigenvalue weighted by atomic mass is 127. The summed E-state index contributed by atoms with van der Waals surface area (Å²) in [4.78, 5) is 21.2. The molecule has 1 amide bonds. The molecule has 1 saturated heterocycles. The van der Waals surface area contributed by atoms with E-state index in [9.17, 15) is 4.79 Å². The Hall–Kier alpha value is -0.970. The van der Waals surface area contributed by atoms with Gasteiger partial charge < -0.3 is 20.1 Å². The first kappa shape index (κ1) is 16.4. The Morgan fingerprint density at radius 1 is 1.57 bits per heavy atom. The van der Waals surface area contributed by atoms with Crippen LogP contribution in [0.4, 0.5) is 10.6 Å². The minimum Gasteiger partial charge on any atom is -0.480 e. The fourth-order valence-electron chi connectivity index (χ4n) is 2.19. The highest BCUT2D eigenvalue weighted by Gasteiger charge is 2.24. The van der Waals surface area contributed by atoms with Crippen LogP contribution in [0.5, 0.6) is 5.88 Å². The molecule has 1 atom stereocenters. The molecule has 1 aromatic heterocycles. The van der Waals surface area contributed by atoms with Gasteiger partial charge in [0.15, 0.2) is 5.16 Å². The summed E-state index contributed by atoms with van der Waals surface area (Å²) in [6.45, 7) is 1.06. The summed E-state index contributed by atoms with van der Waals surface area (Å²) in [7, 11) is 1.57. The van der Waals surface area contributed by atoms with Gasteiger partial charge in [0.2, 0.25) is 5.88 Å². The number of hydrogen-bond acceptors (Lipinski definition) is 6. The van der Waals surface area contributed by atoms with Crippen LogP contribution in [0.3, 0.4) is 0 Å². The number of nitrogens with one attached hydrogen (secondary N) is 1. The summed E-state index contributed by atoms with van der Waals surface area (Å²) in [5.41, 5.74) is 0. The first-order valence-corrected chi connectivity index (χ1v) is 8.75. The monoisotopic (exact) mass is 424 g/mol. The molecule has 1 aliphatic rings. The predicted octanol–water partition coefficient (Wildman–Crippen LogP) is 2.37. The van der Waals surface area contributed by atoms with E-state index in [0.717, 1.165) is 16.4 Å². The van der Waals surface area contributed by atoms with Gasteiger partial charge in [0.25, 0.3) is 0 Å². The average molecular weight is 424 g/mol. The van der Waals surface area contributed by atoms with E-state index in [0.29, 0.717) is 29.9 Å². The zero-order valence-corrected chi connectivity index (χ0v) is 14.8. The van der Waals surface area contributed by atoms with E-state index in [2.05, 4.69) is 37.9 Å². The van der Waals surface area contributed by atoms with Crippen molar-refractivity contribution < 1.29 is 14.6 Å². The van der Waals surface area contributed by atoms with Gasteiger partial charge in [-0.15, -0.1) is 0 Å². The molecule has 0 bridgehead atoms. The van der Waals surface area contributed by atoms with Gasteiger partial charge >= 0.3 is 6.09 Å². The van der Waals surface area contributed by atoms with Crippen LogP contribution in [0.15, 0.2) is 5.16 Å². The number of methoxy groups -OCH3 is 1. The number of anilines is 1. The molecule has 0 aromatic carbocycles. The third-order valence-corrected chi connectivity index (χ3v) is 4.73. The Balaban J connectivity index is 2.16. The number of halogens is 1. The Morgan fingerprint density at radius 2 is 2.33 bits per heavy atom. The van der Waals surface area contributed by atoms with Crippen molar-refractivity contribution in [1.82, 2.24) is 14.9 Å². The van der Waals surface area contributed by atoms with E-state index in [-0.39, 0.29) is 6.04 Å². The van der Waals surface area contributed by atoms with Gasteiger partial charge in [0, 0.05) is 19.1 Å². The third-order valence-electron chi connectivity index (χ3n) is 3.21. The second-order valence-corrected chi connectivity index (χ2v) is 6.45. The minimum absolute atomic E-state index is 0.0534. The van der Waals surface area contributed by atoms with E-state index < -0.39 is 6.09 Å². The van der Waals surface area contributed by atoms with Crippen LogP contribution in [0.25, 0.3) is 0 Å². The molecular weight excluding hydrogens is 407 g/mol. The number of nitrogens with zero attached hydrogens (tertiary/aromatic N) is 3. The molecule has 0 radical (unpaired) electrons. The molecule has 0 aliphatic carbocycles. The van der Waals surface area contributed by atoms with Gasteiger partial charge in [-0.1, -0.05) is 11.8 Å². The Bertz CT molecular complexity index is 531. The number of carboxylic acid groups (broad SMARTS) is 1. The van der Waals surface area contributed by atoms with Crippen molar-refractivity contribution >= 4 is 46.3 Å². The number of carbonyl (C=O) groups is 1. The fraction of sp³-hybridized carbons (Fsp3) is 0.583. The third kappa shape index (κ3) is 4.02. The first-order chi connectivity index (χ1) is 10.0. The summed E-state index contributed by atoms with van der Waals surface area (Å²) in [5, 5.41) is 13.0. The Morgan fingerprint density at radius 3 is 2.95 bits per heavy atom. The van der Waals surface area contributed by atoms with Crippen LogP contribution in [-0.4, -0.2) is 58.6 Å². The summed E-state index contributed by atoms with van der Waals surface area (Å²) < 4.78 is 6.07. The van der Waals surface area contributed by atoms with Gasteiger partial charge in [0.05, 0.1) is 7.11 Å². The molecule has 21 heavy (non-hydrogen) atoms. The SMILES string of the molecule is COc1nc(SC)nc(N[C@@H]2CCCN(C(=O)O)C2)c1I. The number of rotatable bonds is 4. The van der Waals surface area contributed by atoms with E-state index >= 15 is 0 Å². The van der Waals surface area contributed by atoms with E-state index in [4.69, 9.17) is 9.84 Å². The maximum atomic E-state index is 11.1. The first-order valence-electron chi connectivity index (χ1n) is 6.45. The number of amides is 1. The second kappa shape index (κ2) is 7.34. The van der Waals surface area contributed by atoms with Crippen LogP contribution < -0.4 is 10.1 Å². The minimum atomic E-state index is -0.874. The molecular formula is C12H17IN4O3S. The molecule has 1 aliphatic heterocycles. The number of piperidine rings is 1. The molecule has 2 rings (SSSR count). The van der Waals surface area contributed by atoms with Crippen molar-refractivity contribution in [3.8, 4) is 5.88 Å². The van der Waals surface area contributed by atoms with E-state index in [1.165, 1.54) is 16.7 Å². The summed E-state index contributed by atoms with van der Waals surface area (Å²) in [5.74, 6) is 1.23. The lowest BCUT2D eigenvalue weighted by molar-refractivity contribution is 0.132. The predicted molar refractivity (Wildman–Crippen MR) is 89.3 cm³/mol. The molecule has 1 aromatic rings. The van der Waals surface area contributed by atoms with Crippen molar-refractivity contribution in [1.29, 1.82) is 0 Å². The molecule has 1 fully saturated rings. The van der Waals surface area contributed by atoms with Crippen molar-refractivity contribution in [2.75, 3.05) is 31.8 Å². The largest absolute Gasteiger partial charge is 0.480 e. The maximum absolute atomic E-state index is 11.1. The normalized spacial score (nSPS) is 18.4. The van der Waals surface area contributed by atoms with Crippen LogP contribution >= 0.6 is 34.4 Å². The second-order valence-electron chi connectivity index (χ2n) is 4.59. The van der Waals surface area contributed by atoms with Gasteiger partial charge in [-0.2, -0.15) is 4.98 Å². The van der Waals surface area contributed by atoms with Gasteiger partial charge in [-0.05, 0) is 41.7 Å². The number of ether oxygens (including phenoxy) is 1. The lowest BCUT2D eigenvalue weighted by Crippen LogP contribution is -2.44. The average Bonchev–Trinajstić information content (AvgIpc) is 2.49. The molecule has 116 valence electrons. The van der Waals surface area contributed by atoms with Crippen LogP contribution in [0.2, 0.25) is 0 Å². The number of likely N-dealkylation sites (tertiary alicyclic amines) is 1. The highest BCUT2D eigenvalue weighted by Crippen LogP contribution is 2.28. The number of hydrogen-bond donors (Lipinski definition) is 2. The lowest BCUT2D eigenvalue weighted by atomic mass is 10.1. The highest BCUT2D eigenvalue weighted by molar-refractivity contribution is 14.1. The molecule has 0 spiro atoms. The zero-order valence-electron chi connectivity index (χ0n) is 11.8. The molecule has 7 nitrogen and oxygen atoms in total. The van der Waals surface area contributed by atoms with Crippen molar-refractivity contribution in [2.24, 2.45) is 0 Å². The van der Waals surface area contributed by atoms with Crippen LogP contribution in [0.1, 0.15) is 12.8 Å². The van der Waals surface area contributed by atoms with Gasteiger partial charge in [-0.25, -0.2) is 9.78 Å². The molecule has 2 N–H and O–H groups in total. The lowest BCUT2D eigenvalue weighted by Gasteiger charge is -2.31. The fourth-order valence-corrected chi connectivity index (χ4v) is 3.17. The summed E-state index contributed by atoms with van der Waals surface area (Å²) in [6, 6.07) is 0.0534. The van der Waals surface area contributed by atoms with Crippen molar-refractivity contribution in [2.45, 2.75) is 24.0 Å². The molecule has 2 heterocycles. The summed E-state index contributed by atoms with van der Waals surface area (Å²) in [6.07, 6.45) is 2.79. The maximum Gasteiger partial charge on any atom is 0.407 e. The summed E-state index contributed by atoms with van der Waals surface area (Å²) >= 11 is 3.58. The molecule has 0 unspecified atom stereocenters. The van der Waals surface area contributed by atoms with Gasteiger partial charge in [0.1, 0.15) is 9.39 Å². The van der Waals surface area contributed by atoms with E-state index in [1.807, 2.05) is 6.26 Å². The topological polar surface area (TPSA) is 87.6 Å².